The average Bonchev–Trinajstić information content (AvgIpc) is 2.80. The molecule has 0 N–H and O–H groups in total. The van der Waals surface area contributed by atoms with Crippen LogP contribution in [0, 0.1) is 5.92 Å². The molecule has 1 unspecified atom stereocenters. The van der Waals surface area contributed by atoms with E-state index >= 15 is 0 Å². The molecule has 17 heavy (non-hydrogen) atoms. The van der Waals surface area contributed by atoms with E-state index in [9.17, 15) is 0 Å². The van der Waals surface area contributed by atoms with E-state index in [1.807, 2.05) is 0 Å². The van der Waals surface area contributed by atoms with E-state index in [0.29, 0.717) is 32.3 Å². The van der Waals surface area contributed by atoms with E-state index in [4.69, 9.17) is 25.8 Å². The Morgan fingerprint density at radius 1 is 1.12 bits per heavy atom. The number of alkyl halides is 1. The maximum Gasteiger partial charge on any atom is 0.0701 e. The summed E-state index contributed by atoms with van der Waals surface area (Å²) in [5.41, 5.74) is 0. The molecule has 0 aromatic rings. The summed E-state index contributed by atoms with van der Waals surface area (Å²) in [4.78, 5) is 2.42. The van der Waals surface area contributed by atoms with E-state index in [1.54, 1.807) is 7.11 Å². The van der Waals surface area contributed by atoms with Gasteiger partial charge in [0.15, 0.2) is 0 Å². The molecule has 0 bridgehead atoms. The standard InChI is InChI=1S/C12H24ClNO3/c1-15-6-7-17-9-8-16-5-4-14-3-2-12(10-13)11-14/h12H,2-11H2,1H3. The predicted molar refractivity (Wildman–Crippen MR) is 68.8 cm³/mol. The highest BCUT2D eigenvalue weighted by atomic mass is 35.5. The van der Waals surface area contributed by atoms with Gasteiger partial charge in [-0.3, -0.25) is 0 Å². The molecule has 1 aliphatic heterocycles. The summed E-state index contributed by atoms with van der Waals surface area (Å²) in [6.45, 7) is 6.66. The highest BCUT2D eigenvalue weighted by molar-refractivity contribution is 6.18. The lowest BCUT2D eigenvalue weighted by Gasteiger charge is -2.15. The van der Waals surface area contributed by atoms with Crippen molar-refractivity contribution in [3.8, 4) is 0 Å². The maximum absolute atomic E-state index is 5.83. The first-order valence-electron chi connectivity index (χ1n) is 6.29. The van der Waals surface area contributed by atoms with Crippen molar-refractivity contribution in [3.63, 3.8) is 0 Å². The summed E-state index contributed by atoms with van der Waals surface area (Å²) in [7, 11) is 1.67. The molecule has 0 aromatic carbocycles. The van der Waals surface area contributed by atoms with Crippen LogP contribution < -0.4 is 0 Å². The third-order valence-electron chi connectivity index (χ3n) is 2.94. The molecule has 1 rings (SSSR count). The second-order valence-corrected chi connectivity index (χ2v) is 4.64. The molecule has 0 amide bonds. The molecule has 1 aliphatic rings. The van der Waals surface area contributed by atoms with Gasteiger partial charge in [0.1, 0.15) is 0 Å². The zero-order valence-electron chi connectivity index (χ0n) is 10.7. The summed E-state index contributed by atoms with van der Waals surface area (Å²) >= 11 is 5.83. The van der Waals surface area contributed by atoms with Crippen molar-refractivity contribution in [1.29, 1.82) is 0 Å². The Labute approximate surface area is 109 Å². The number of halogens is 1. The molecule has 0 radical (unpaired) electrons. The molecule has 0 spiro atoms. The van der Waals surface area contributed by atoms with Crippen LogP contribution in [-0.4, -0.2) is 70.6 Å². The van der Waals surface area contributed by atoms with Crippen LogP contribution >= 0.6 is 11.6 Å². The zero-order valence-corrected chi connectivity index (χ0v) is 11.5. The summed E-state index contributed by atoms with van der Waals surface area (Å²) in [6.07, 6.45) is 1.23. The van der Waals surface area contributed by atoms with Crippen LogP contribution in [0.2, 0.25) is 0 Å². The lowest BCUT2D eigenvalue weighted by atomic mass is 10.2. The Hall–Kier alpha value is 0.130. The van der Waals surface area contributed by atoms with E-state index in [2.05, 4.69) is 4.90 Å². The van der Waals surface area contributed by atoms with Crippen molar-refractivity contribution in [1.82, 2.24) is 4.90 Å². The zero-order chi connectivity index (χ0) is 12.3. The number of nitrogens with zero attached hydrogens (tertiary/aromatic N) is 1. The molecule has 0 saturated carbocycles. The van der Waals surface area contributed by atoms with Gasteiger partial charge < -0.3 is 19.1 Å². The third-order valence-corrected chi connectivity index (χ3v) is 3.38. The normalized spacial score (nSPS) is 21.2. The lowest BCUT2D eigenvalue weighted by Crippen LogP contribution is -2.26. The molecule has 0 aliphatic carbocycles. The first kappa shape index (κ1) is 15.2. The van der Waals surface area contributed by atoms with Crippen molar-refractivity contribution in [2.75, 3.05) is 65.7 Å². The number of ether oxygens (including phenoxy) is 3. The summed E-state index contributed by atoms with van der Waals surface area (Å²) in [6, 6.07) is 0. The second-order valence-electron chi connectivity index (χ2n) is 4.33. The molecule has 102 valence electrons. The molecule has 1 atom stereocenters. The smallest absolute Gasteiger partial charge is 0.0701 e. The number of hydrogen-bond acceptors (Lipinski definition) is 4. The van der Waals surface area contributed by atoms with E-state index in [0.717, 1.165) is 32.1 Å². The molecule has 1 heterocycles. The molecular weight excluding hydrogens is 242 g/mol. The van der Waals surface area contributed by atoms with Gasteiger partial charge in [-0.1, -0.05) is 0 Å². The fraction of sp³-hybridized carbons (Fsp3) is 1.00. The Morgan fingerprint density at radius 2 is 1.82 bits per heavy atom. The molecule has 0 aromatic heterocycles. The number of methoxy groups -OCH3 is 1. The van der Waals surface area contributed by atoms with Gasteiger partial charge in [-0.15, -0.1) is 11.6 Å². The van der Waals surface area contributed by atoms with Crippen LogP contribution in [0.15, 0.2) is 0 Å². The number of hydrogen-bond donors (Lipinski definition) is 0. The van der Waals surface area contributed by atoms with Crippen LogP contribution in [0.1, 0.15) is 6.42 Å². The summed E-state index contributed by atoms with van der Waals surface area (Å²) in [5, 5.41) is 0. The Morgan fingerprint density at radius 3 is 2.47 bits per heavy atom. The Kier molecular flexibility index (Phi) is 9.01. The first-order chi connectivity index (χ1) is 8.36. The van der Waals surface area contributed by atoms with Crippen molar-refractivity contribution >= 4 is 11.6 Å². The molecular formula is C12H24ClNO3. The molecule has 5 heteroatoms. The van der Waals surface area contributed by atoms with Gasteiger partial charge in [-0.05, 0) is 18.9 Å². The van der Waals surface area contributed by atoms with Gasteiger partial charge in [-0.2, -0.15) is 0 Å². The van der Waals surface area contributed by atoms with Crippen molar-refractivity contribution < 1.29 is 14.2 Å². The maximum atomic E-state index is 5.83. The van der Waals surface area contributed by atoms with Gasteiger partial charge >= 0.3 is 0 Å². The topological polar surface area (TPSA) is 30.9 Å². The highest BCUT2D eigenvalue weighted by Crippen LogP contribution is 2.16. The molecule has 1 saturated heterocycles. The van der Waals surface area contributed by atoms with E-state index in [-0.39, 0.29) is 0 Å². The minimum Gasteiger partial charge on any atom is -0.382 e. The van der Waals surface area contributed by atoms with Crippen LogP contribution in [0.5, 0.6) is 0 Å². The number of rotatable bonds is 10. The predicted octanol–water partition coefficient (Wildman–Crippen LogP) is 1.23. The third kappa shape index (κ3) is 7.21. The van der Waals surface area contributed by atoms with Crippen molar-refractivity contribution in [3.05, 3.63) is 0 Å². The van der Waals surface area contributed by atoms with E-state index < -0.39 is 0 Å². The average molecular weight is 266 g/mol. The lowest BCUT2D eigenvalue weighted by molar-refractivity contribution is 0.0206. The largest absolute Gasteiger partial charge is 0.382 e. The quantitative estimate of drug-likeness (QED) is 0.439. The highest BCUT2D eigenvalue weighted by Gasteiger charge is 2.20. The van der Waals surface area contributed by atoms with Gasteiger partial charge in [0.05, 0.1) is 33.0 Å². The Balaban J connectivity index is 1.81. The summed E-state index contributed by atoms with van der Waals surface area (Å²) < 4.78 is 15.7. The van der Waals surface area contributed by atoms with Crippen LogP contribution in [-0.2, 0) is 14.2 Å². The van der Waals surface area contributed by atoms with Gasteiger partial charge in [-0.25, -0.2) is 0 Å². The fourth-order valence-electron chi connectivity index (χ4n) is 1.90. The minimum absolute atomic E-state index is 0.642. The minimum atomic E-state index is 0.642. The van der Waals surface area contributed by atoms with Crippen LogP contribution in [0.25, 0.3) is 0 Å². The Bertz CT molecular complexity index is 183. The second kappa shape index (κ2) is 10.1. The van der Waals surface area contributed by atoms with Gasteiger partial charge in [0.2, 0.25) is 0 Å². The fourth-order valence-corrected chi connectivity index (χ4v) is 2.15. The molecule has 1 fully saturated rings. The SMILES string of the molecule is COCCOCCOCCN1CCC(CCl)C1. The van der Waals surface area contributed by atoms with Crippen molar-refractivity contribution in [2.45, 2.75) is 6.42 Å². The number of likely N-dealkylation sites (tertiary alicyclic amines) is 1. The van der Waals surface area contributed by atoms with Crippen LogP contribution in [0.3, 0.4) is 0 Å². The van der Waals surface area contributed by atoms with Gasteiger partial charge in [0, 0.05) is 26.1 Å². The van der Waals surface area contributed by atoms with Crippen LogP contribution in [0.4, 0.5) is 0 Å². The van der Waals surface area contributed by atoms with Gasteiger partial charge in [0.25, 0.3) is 0 Å². The summed E-state index contributed by atoms with van der Waals surface area (Å²) in [5.74, 6) is 1.46. The monoisotopic (exact) mass is 265 g/mol. The van der Waals surface area contributed by atoms with E-state index in [1.165, 1.54) is 6.42 Å². The first-order valence-corrected chi connectivity index (χ1v) is 6.83. The molecule has 4 nitrogen and oxygen atoms in total. The van der Waals surface area contributed by atoms with Crippen molar-refractivity contribution in [2.24, 2.45) is 5.92 Å².